The van der Waals surface area contributed by atoms with Gasteiger partial charge >= 0.3 is 0 Å². The molecule has 0 aromatic rings. The van der Waals surface area contributed by atoms with E-state index in [2.05, 4.69) is 0 Å². The molecule has 48 valence electrons. The van der Waals surface area contributed by atoms with Gasteiger partial charge in [-0.25, -0.2) is 0 Å². The number of allylic oxidation sites excluding steroid dienone is 4. The minimum absolute atomic E-state index is 0.0885. The average molecular weight is 143 g/mol. The summed E-state index contributed by atoms with van der Waals surface area (Å²) in [5.74, 6) is 0.0885. The molecule has 0 saturated heterocycles. The number of hydrogen-bond donors (Lipinski definition) is 0. The van der Waals surface area contributed by atoms with Crippen LogP contribution < -0.4 is 0 Å². The maximum Gasteiger partial charge on any atom is 0.160 e. The van der Waals surface area contributed by atoms with Gasteiger partial charge in [0.1, 0.15) is 0 Å². The number of hydrogen-bond acceptors (Lipinski definition) is 1. The second-order valence-electron chi connectivity index (χ2n) is 2.06. The van der Waals surface area contributed by atoms with Gasteiger partial charge in [0, 0.05) is 11.5 Å². The second-order valence-corrected chi connectivity index (χ2v) is 2.52. The van der Waals surface area contributed by atoms with Crippen LogP contribution in [0.4, 0.5) is 0 Å². The minimum atomic E-state index is 0.0885. The summed E-state index contributed by atoms with van der Waals surface area (Å²) in [6.45, 7) is 1.89. The molecular formula is C7H7ClO. The highest BCUT2D eigenvalue weighted by Gasteiger charge is 2.07. The molecule has 0 saturated carbocycles. The first-order valence-electron chi connectivity index (χ1n) is 2.76. The van der Waals surface area contributed by atoms with Gasteiger partial charge in [0.2, 0.25) is 0 Å². The molecule has 0 bridgehead atoms. The molecule has 1 rings (SSSR count). The topological polar surface area (TPSA) is 17.1 Å². The maximum atomic E-state index is 10.6. The van der Waals surface area contributed by atoms with E-state index in [-0.39, 0.29) is 5.78 Å². The zero-order chi connectivity index (χ0) is 6.85. The molecule has 9 heavy (non-hydrogen) atoms. The highest BCUT2D eigenvalue weighted by atomic mass is 35.5. The van der Waals surface area contributed by atoms with Crippen LogP contribution in [0, 0.1) is 0 Å². The third-order valence-corrected chi connectivity index (χ3v) is 1.71. The molecule has 1 aliphatic carbocycles. The van der Waals surface area contributed by atoms with E-state index in [9.17, 15) is 4.79 Å². The number of carbonyl (C=O) groups excluding carboxylic acids is 1. The van der Waals surface area contributed by atoms with Crippen molar-refractivity contribution in [3.63, 3.8) is 0 Å². The molecule has 2 heteroatoms. The summed E-state index contributed by atoms with van der Waals surface area (Å²) in [7, 11) is 0. The van der Waals surface area contributed by atoms with Gasteiger partial charge in [0.05, 0.1) is 0 Å². The van der Waals surface area contributed by atoms with Crippen molar-refractivity contribution >= 4 is 17.4 Å². The fourth-order valence-corrected chi connectivity index (χ4v) is 0.854. The summed E-state index contributed by atoms with van der Waals surface area (Å²) in [5.41, 5.74) is 0.997. The third-order valence-electron chi connectivity index (χ3n) is 1.28. The van der Waals surface area contributed by atoms with E-state index in [0.717, 1.165) is 5.57 Å². The zero-order valence-corrected chi connectivity index (χ0v) is 5.90. The first-order valence-corrected chi connectivity index (χ1v) is 3.14. The van der Waals surface area contributed by atoms with Crippen molar-refractivity contribution in [2.45, 2.75) is 13.3 Å². The Morgan fingerprint density at radius 1 is 1.56 bits per heavy atom. The van der Waals surface area contributed by atoms with E-state index >= 15 is 0 Å². The normalized spacial score (nSPS) is 19.1. The Kier molecular flexibility index (Phi) is 1.72. The van der Waals surface area contributed by atoms with Crippen molar-refractivity contribution in [1.82, 2.24) is 0 Å². The van der Waals surface area contributed by atoms with E-state index in [0.29, 0.717) is 11.5 Å². The maximum absolute atomic E-state index is 10.6. The van der Waals surface area contributed by atoms with E-state index in [1.54, 1.807) is 12.2 Å². The lowest BCUT2D eigenvalue weighted by Crippen LogP contribution is -1.98. The highest BCUT2D eigenvalue weighted by molar-refractivity contribution is 6.32. The molecule has 0 aromatic heterocycles. The van der Waals surface area contributed by atoms with Crippen LogP contribution in [0.15, 0.2) is 22.8 Å². The molecule has 0 unspecified atom stereocenters. The van der Waals surface area contributed by atoms with E-state index < -0.39 is 0 Å². The van der Waals surface area contributed by atoms with E-state index in [4.69, 9.17) is 11.6 Å². The van der Waals surface area contributed by atoms with E-state index in [1.165, 1.54) is 0 Å². The minimum Gasteiger partial charge on any atom is -0.294 e. The van der Waals surface area contributed by atoms with Gasteiger partial charge in [-0.3, -0.25) is 4.79 Å². The third kappa shape index (κ3) is 1.42. The molecule has 0 radical (unpaired) electrons. The van der Waals surface area contributed by atoms with Gasteiger partial charge in [0.25, 0.3) is 0 Å². The fourth-order valence-electron chi connectivity index (χ4n) is 0.660. The van der Waals surface area contributed by atoms with Crippen molar-refractivity contribution < 1.29 is 4.79 Å². The number of carbonyl (C=O) groups is 1. The van der Waals surface area contributed by atoms with Crippen LogP contribution in [0.2, 0.25) is 0 Å². The van der Waals surface area contributed by atoms with Crippen molar-refractivity contribution in [1.29, 1.82) is 0 Å². The van der Waals surface area contributed by atoms with Crippen LogP contribution >= 0.6 is 11.6 Å². The Bertz CT molecular complexity index is 201. The molecule has 0 spiro atoms. The predicted molar refractivity (Wildman–Crippen MR) is 37.3 cm³/mol. The molecule has 1 aliphatic rings. The van der Waals surface area contributed by atoms with Gasteiger partial charge in [-0.2, -0.15) is 0 Å². The van der Waals surface area contributed by atoms with Crippen LogP contribution in [0.3, 0.4) is 0 Å². The Labute approximate surface area is 59.0 Å². The Morgan fingerprint density at radius 3 is 2.67 bits per heavy atom. The van der Waals surface area contributed by atoms with Gasteiger partial charge in [0.15, 0.2) is 5.78 Å². The quantitative estimate of drug-likeness (QED) is 0.506. The monoisotopic (exact) mass is 142 g/mol. The molecular weight excluding hydrogens is 136 g/mol. The van der Waals surface area contributed by atoms with E-state index in [1.807, 2.05) is 6.92 Å². The SMILES string of the molecule is CC1=C(Cl)CC(=O)C=C1. The molecule has 0 aromatic carbocycles. The summed E-state index contributed by atoms with van der Waals surface area (Å²) >= 11 is 5.67. The second kappa shape index (κ2) is 2.36. The standard InChI is InChI=1S/C7H7ClO/c1-5-2-3-6(9)4-7(5)8/h2-3H,4H2,1H3. The number of rotatable bonds is 0. The highest BCUT2D eigenvalue weighted by Crippen LogP contribution is 2.19. The van der Waals surface area contributed by atoms with Crippen LogP contribution in [0.1, 0.15) is 13.3 Å². The summed E-state index contributed by atoms with van der Waals surface area (Å²) in [6.07, 6.45) is 3.68. The zero-order valence-electron chi connectivity index (χ0n) is 5.15. The van der Waals surface area contributed by atoms with Crippen LogP contribution in [0.5, 0.6) is 0 Å². The molecule has 0 aliphatic heterocycles. The summed E-state index contributed by atoms with van der Waals surface area (Å²) in [4.78, 5) is 10.6. The number of halogens is 1. The molecule has 0 atom stereocenters. The molecule has 0 heterocycles. The van der Waals surface area contributed by atoms with Crippen molar-refractivity contribution in [3.8, 4) is 0 Å². The largest absolute Gasteiger partial charge is 0.294 e. The van der Waals surface area contributed by atoms with Gasteiger partial charge in [-0.05, 0) is 18.6 Å². The Balaban J connectivity index is 2.87. The van der Waals surface area contributed by atoms with Crippen LogP contribution in [-0.4, -0.2) is 5.78 Å². The number of ketones is 1. The lowest BCUT2D eigenvalue weighted by Gasteiger charge is -2.03. The predicted octanol–water partition coefficient (Wildman–Crippen LogP) is 2.03. The van der Waals surface area contributed by atoms with Crippen LogP contribution in [0.25, 0.3) is 0 Å². The molecule has 1 nitrogen and oxygen atoms in total. The first-order chi connectivity index (χ1) is 4.20. The average Bonchev–Trinajstić information content (AvgIpc) is 1.80. The summed E-state index contributed by atoms with van der Waals surface area (Å²) in [6, 6.07) is 0. The van der Waals surface area contributed by atoms with Crippen molar-refractivity contribution in [2.75, 3.05) is 0 Å². The van der Waals surface area contributed by atoms with Gasteiger partial charge in [-0.1, -0.05) is 17.7 Å². The molecule has 0 N–H and O–H groups in total. The Hall–Kier alpha value is -0.560. The lowest BCUT2D eigenvalue weighted by molar-refractivity contribution is -0.114. The molecule has 0 amide bonds. The fraction of sp³-hybridized carbons (Fsp3) is 0.286. The van der Waals surface area contributed by atoms with Crippen LogP contribution in [-0.2, 0) is 4.79 Å². The van der Waals surface area contributed by atoms with Gasteiger partial charge in [-0.15, -0.1) is 0 Å². The molecule has 0 fully saturated rings. The lowest BCUT2D eigenvalue weighted by atomic mass is 10.1. The van der Waals surface area contributed by atoms with Crippen molar-refractivity contribution in [2.24, 2.45) is 0 Å². The van der Waals surface area contributed by atoms with Gasteiger partial charge < -0.3 is 0 Å². The summed E-state index contributed by atoms with van der Waals surface area (Å²) in [5, 5.41) is 0.669. The summed E-state index contributed by atoms with van der Waals surface area (Å²) < 4.78 is 0. The smallest absolute Gasteiger partial charge is 0.160 e. The Morgan fingerprint density at radius 2 is 2.22 bits per heavy atom. The first kappa shape index (κ1) is 6.56. The van der Waals surface area contributed by atoms with Crippen molar-refractivity contribution in [3.05, 3.63) is 22.8 Å².